The van der Waals surface area contributed by atoms with E-state index in [1.165, 1.54) is 6.08 Å². The van der Waals surface area contributed by atoms with Crippen LogP contribution >= 0.6 is 0 Å². The standard InChI is InChI=1S/C14H17F3O6S/c1-12(2)9-5-3-4-8(23-24(19,20)14(15,16)17)7-13(9)10(21-12)6-11(18)22-13/h4,9-10H,3,5-7H2,1-2H3/t9-,10+,13+/m0/s1. The summed E-state index contributed by atoms with van der Waals surface area (Å²) in [5.41, 5.74) is -7.35. The summed E-state index contributed by atoms with van der Waals surface area (Å²) in [7, 11) is -5.77. The zero-order chi connectivity index (χ0) is 18.0. The summed E-state index contributed by atoms with van der Waals surface area (Å²) in [6.07, 6.45) is 1.19. The van der Waals surface area contributed by atoms with Crippen LogP contribution in [0.5, 0.6) is 0 Å². The van der Waals surface area contributed by atoms with E-state index < -0.39 is 38.9 Å². The van der Waals surface area contributed by atoms with E-state index in [1.807, 2.05) is 13.8 Å². The van der Waals surface area contributed by atoms with Crippen LogP contribution in [0.3, 0.4) is 0 Å². The van der Waals surface area contributed by atoms with Crippen LogP contribution in [-0.4, -0.2) is 37.2 Å². The lowest BCUT2D eigenvalue weighted by Gasteiger charge is -2.35. The second kappa shape index (κ2) is 5.10. The molecule has 3 aliphatic rings. The van der Waals surface area contributed by atoms with Crippen molar-refractivity contribution in [2.45, 2.75) is 62.3 Å². The van der Waals surface area contributed by atoms with Crippen LogP contribution in [0, 0.1) is 5.92 Å². The van der Waals surface area contributed by atoms with Crippen molar-refractivity contribution in [3.8, 4) is 0 Å². The molecule has 0 radical (unpaired) electrons. The third-order valence-electron chi connectivity index (χ3n) is 4.85. The molecule has 2 saturated heterocycles. The summed E-state index contributed by atoms with van der Waals surface area (Å²) in [6.45, 7) is 3.65. The van der Waals surface area contributed by atoms with Gasteiger partial charge in [0.1, 0.15) is 11.9 Å². The molecule has 0 aromatic carbocycles. The van der Waals surface area contributed by atoms with Gasteiger partial charge in [-0.15, -0.1) is 0 Å². The zero-order valence-electron chi connectivity index (χ0n) is 13.1. The highest BCUT2D eigenvalue weighted by Gasteiger charge is 2.66. The van der Waals surface area contributed by atoms with Crippen LogP contribution in [0.15, 0.2) is 11.8 Å². The van der Waals surface area contributed by atoms with Crippen LogP contribution in [0.25, 0.3) is 0 Å². The summed E-state index contributed by atoms with van der Waals surface area (Å²) in [5, 5.41) is 0. The number of allylic oxidation sites excluding steroid dienone is 1. The maximum atomic E-state index is 12.6. The van der Waals surface area contributed by atoms with Gasteiger partial charge in [0.15, 0.2) is 5.60 Å². The van der Waals surface area contributed by atoms with Crippen molar-refractivity contribution < 1.29 is 40.0 Å². The summed E-state index contributed by atoms with van der Waals surface area (Å²) >= 11 is 0. The van der Waals surface area contributed by atoms with Crippen molar-refractivity contribution in [3.05, 3.63) is 11.8 Å². The van der Waals surface area contributed by atoms with Gasteiger partial charge in [-0.05, 0) is 32.8 Å². The summed E-state index contributed by atoms with van der Waals surface area (Å²) in [5.74, 6) is -1.15. The smallest absolute Gasteiger partial charge is 0.455 e. The first-order valence-electron chi connectivity index (χ1n) is 7.47. The summed E-state index contributed by atoms with van der Waals surface area (Å²) in [6, 6.07) is 0. The Morgan fingerprint density at radius 3 is 2.62 bits per heavy atom. The second-order valence-corrected chi connectivity index (χ2v) is 8.34. The van der Waals surface area contributed by atoms with Crippen molar-refractivity contribution in [1.82, 2.24) is 0 Å². The van der Waals surface area contributed by atoms with E-state index in [2.05, 4.69) is 4.18 Å². The third kappa shape index (κ3) is 2.59. The van der Waals surface area contributed by atoms with Gasteiger partial charge in [-0.2, -0.15) is 21.6 Å². The quantitative estimate of drug-likeness (QED) is 0.422. The molecule has 24 heavy (non-hydrogen) atoms. The predicted molar refractivity (Wildman–Crippen MR) is 73.9 cm³/mol. The third-order valence-corrected chi connectivity index (χ3v) is 5.85. The minimum atomic E-state index is -5.77. The first kappa shape index (κ1) is 17.5. The zero-order valence-corrected chi connectivity index (χ0v) is 13.9. The van der Waals surface area contributed by atoms with Crippen LogP contribution in [0.4, 0.5) is 13.2 Å². The Kier molecular flexibility index (Phi) is 3.73. The van der Waals surface area contributed by atoms with E-state index in [1.54, 1.807) is 0 Å². The van der Waals surface area contributed by atoms with E-state index in [-0.39, 0.29) is 24.5 Å². The molecule has 2 heterocycles. The summed E-state index contributed by atoms with van der Waals surface area (Å²) < 4.78 is 75.9. The minimum absolute atomic E-state index is 0.0147. The highest BCUT2D eigenvalue weighted by atomic mass is 32.2. The minimum Gasteiger partial charge on any atom is -0.455 e. The highest BCUT2D eigenvalue weighted by molar-refractivity contribution is 7.87. The molecule has 3 rings (SSSR count). The fraction of sp³-hybridized carbons (Fsp3) is 0.786. The average molecular weight is 370 g/mol. The van der Waals surface area contributed by atoms with Crippen molar-refractivity contribution in [3.63, 3.8) is 0 Å². The normalized spacial score (nSPS) is 35.5. The first-order valence-corrected chi connectivity index (χ1v) is 8.88. The van der Waals surface area contributed by atoms with E-state index >= 15 is 0 Å². The number of hydrogen-bond donors (Lipinski definition) is 0. The van der Waals surface area contributed by atoms with Gasteiger partial charge in [-0.1, -0.05) is 0 Å². The Bertz CT molecular complexity index is 696. The maximum absolute atomic E-state index is 12.6. The number of carbonyl (C=O) groups is 1. The lowest BCUT2D eigenvalue weighted by Crippen LogP contribution is -2.45. The fourth-order valence-corrected chi connectivity index (χ4v) is 4.49. The molecule has 10 heteroatoms. The largest absolute Gasteiger partial charge is 0.534 e. The van der Waals surface area contributed by atoms with Crippen molar-refractivity contribution in [2.75, 3.05) is 0 Å². The predicted octanol–water partition coefficient (Wildman–Crippen LogP) is 2.40. The summed E-state index contributed by atoms with van der Waals surface area (Å²) in [4.78, 5) is 11.7. The molecule has 1 spiro atoms. The van der Waals surface area contributed by atoms with E-state index in [9.17, 15) is 26.4 Å². The molecule has 2 fully saturated rings. The van der Waals surface area contributed by atoms with Gasteiger partial charge in [0.2, 0.25) is 0 Å². The average Bonchev–Trinajstić information content (AvgIpc) is 2.68. The maximum Gasteiger partial charge on any atom is 0.534 e. The van der Waals surface area contributed by atoms with Crippen molar-refractivity contribution in [1.29, 1.82) is 0 Å². The van der Waals surface area contributed by atoms with E-state index in [4.69, 9.17) is 9.47 Å². The van der Waals surface area contributed by atoms with Crippen LogP contribution in [-0.2, 0) is 28.6 Å². The SMILES string of the molecule is CC1(C)O[C@@H]2CC(=O)O[C@@]23CC(OS(=O)(=O)C(F)(F)F)=CCC[C@@H]13. The van der Waals surface area contributed by atoms with Crippen molar-refractivity contribution in [2.24, 2.45) is 5.92 Å². The van der Waals surface area contributed by atoms with Crippen molar-refractivity contribution >= 4 is 16.1 Å². The second-order valence-electron chi connectivity index (χ2n) is 6.80. The van der Waals surface area contributed by atoms with E-state index in [0.29, 0.717) is 12.8 Å². The molecule has 0 aromatic heterocycles. The molecule has 0 bridgehead atoms. The molecule has 1 aliphatic carbocycles. The molecule has 6 nitrogen and oxygen atoms in total. The van der Waals surface area contributed by atoms with Crippen LogP contribution in [0.1, 0.15) is 39.5 Å². The molecule has 136 valence electrons. The van der Waals surface area contributed by atoms with Gasteiger partial charge in [0.25, 0.3) is 0 Å². The van der Waals surface area contributed by atoms with Gasteiger partial charge in [-0.3, -0.25) is 4.79 Å². The topological polar surface area (TPSA) is 78.9 Å². The Morgan fingerprint density at radius 1 is 1.33 bits per heavy atom. The van der Waals surface area contributed by atoms with Gasteiger partial charge >= 0.3 is 21.6 Å². The number of alkyl halides is 3. The number of rotatable bonds is 2. The molecule has 2 aliphatic heterocycles. The van der Waals surface area contributed by atoms with Gasteiger partial charge < -0.3 is 13.7 Å². The van der Waals surface area contributed by atoms with Gasteiger partial charge in [0.05, 0.1) is 12.0 Å². The molecule has 0 N–H and O–H groups in total. The molecule has 0 amide bonds. The fourth-order valence-electron chi connectivity index (χ4n) is 3.99. The number of hydrogen-bond acceptors (Lipinski definition) is 6. The lowest BCUT2D eigenvalue weighted by atomic mass is 9.74. The monoisotopic (exact) mass is 370 g/mol. The Labute approximate surface area is 137 Å². The molecule has 0 unspecified atom stereocenters. The number of carbonyl (C=O) groups excluding carboxylic acids is 1. The van der Waals surface area contributed by atoms with Crippen LogP contribution in [0.2, 0.25) is 0 Å². The molecular formula is C14H17F3O6S. The Hall–Kier alpha value is -1.29. The molecular weight excluding hydrogens is 353 g/mol. The lowest BCUT2D eigenvalue weighted by molar-refractivity contribution is -0.153. The van der Waals surface area contributed by atoms with Gasteiger partial charge in [-0.25, -0.2) is 0 Å². The molecule has 0 aromatic rings. The highest BCUT2D eigenvalue weighted by Crippen LogP contribution is 2.56. The molecule has 3 atom stereocenters. The number of esters is 1. The Morgan fingerprint density at radius 2 is 2.00 bits per heavy atom. The Balaban J connectivity index is 1.93. The van der Waals surface area contributed by atoms with E-state index in [0.717, 1.165) is 0 Å². The molecule has 0 saturated carbocycles. The number of ether oxygens (including phenoxy) is 2. The number of halogens is 3. The van der Waals surface area contributed by atoms with Crippen LogP contribution < -0.4 is 0 Å². The first-order chi connectivity index (χ1) is 10.9. The van der Waals surface area contributed by atoms with Gasteiger partial charge in [0, 0.05) is 12.3 Å².